The summed E-state index contributed by atoms with van der Waals surface area (Å²) in [5, 5.41) is 3.57. The second-order valence-electron chi connectivity index (χ2n) is 9.14. The molecular weight excluding hydrogens is 486 g/mol. The Morgan fingerprint density at radius 1 is 1.11 bits per heavy atom. The quantitative estimate of drug-likeness (QED) is 0.507. The van der Waals surface area contributed by atoms with Crippen molar-refractivity contribution in [1.29, 1.82) is 0 Å². The molecule has 2 amide bonds. The molecule has 1 atom stereocenters. The van der Waals surface area contributed by atoms with E-state index in [4.69, 9.17) is 11.6 Å². The van der Waals surface area contributed by atoms with Gasteiger partial charge in [-0.1, -0.05) is 61.7 Å². The molecule has 3 rings (SSSR count). The Balaban J connectivity index is 1.93. The lowest BCUT2D eigenvalue weighted by Gasteiger charge is -2.33. The molecule has 0 aromatic heterocycles. The average molecular weight is 520 g/mol. The van der Waals surface area contributed by atoms with Crippen molar-refractivity contribution in [1.82, 2.24) is 10.2 Å². The van der Waals surface area contributed by atoms with E-state index in [0.29, 0.717) is 22.7 Å². The smallest absolute Gasteiger partial charge is 0.244 e. The van der Waals surface area contributed by atoms with E-state index in [0.717, 1.165) is 41.8 Å². The van der Waals surface area contributed by atoms with E-state index >= 15 is 0 Å². The van der Waals surface area contributed by atoms with E-state index in [9.17, 15) is 18.0 Å². The molecule has 0 saturated heterocycles. The molecule has 9 heteroatoms. The lowest BCUT2D eigenvalue weighted by molar-refractivity contribution is -0.140. The summed E-state index contributed by atoms with van der Waals surface area (Å²) in [5.41, 5.74) is 1.97. The van der Waals surface area contributed by atoms with Gasteiger partial charge in [0.05, 0.1) is 11.9 Å². The lowest BCUT2D eigenvalue weighted by atomic mass is 10.1. The fourth-order valence-corrected chi connectivity index (χ4v) is 5.53. The molecule has 1 N–H and O–H groups in total. The van der Waals surface area contributed by atoms with Crippen LogP contribution in [0.2, 0.25) is 5.02 Å². The molecule has 35 heavy (non-hydrogen) atoms. The molecule has 2 aromatic rings. The van der Waals surface area contributed by atoms with Crippen LogP contribution in [-0.2, 0) is 26.2 Å². The number of amides is 2. The first-order valence-corrected chi connectivity index (χ1v) is 14.2. The Kier molecular flexibility index (Phi) is 9.19. The molecule has 1 saturated carbocycles. The van der Waals surface area contributed by atoms with Crippen LogP contribution in [0.1, 0.15) is 50.2 Å². The van der Waals surface area contributed by atoms with Crippen molar-refractivity contribution in [2.75, 3.05) is 17.1 Å². The molecule has 0 radical (unpaired) electrons. The van der Waals surface area contributed by atoms with Crippen LogP contribution in [0, 0.1) is 6.92 Å². The standard InChI is InChI=1S/C26H34ClN3O4S/c1-4-24(26(32)28-21-12-6-7-13-21)29(17-20-11-5-8-15-23(20)27)25(31)18-30(35(3,33)34)22-14-9-10-19(2)16-22/h5,8-11,14-16,21,24H,4,6-7,12-13,17-18H2,1-3H3,(H,28,32)/t24-/m1/s1. The molecular formula is C26H34ClN3O4S. The number of carbonyl (C=O) groups excluding carboxylic acids is 2. The number of hydrogen-bond acceptors (Lipinski definition) is 4. The Bertz CT molecular complexity index is 1150. The van der Waals surface area contributed by atoms with Gasteiger partial charge in [0.25, 0.3) is 0 Å². The van der Waals surface area contributed by atoms with Crippen LogP contribution in [0.15, 0.2) is 48.5 Å². The predicted octanol–water partition coefficient (Wildman–Crippen LogP) is 4.28. The van der Waals surface area contributed by atoms with Crippen LogP contribution >= 0.6 is 11.6 Å². The molecule has 1 aliphatic carbocycles. The van der Waals surface area contributed by atoms with E-state index in [1.165, 1.54) is 4.90 Å². The number of sulfonamides is 1. The summed E-state index contributed by atoms with van der Waals surface area (Å²) in [7, 11) is -3.76. The number of anilines is 1. The van der Waals surface area contributed by atoms with Crippen LogP contribution in [0.3, 0.4) is 0 Å². The molecule has 7 nitrogen and oxygen atoms in total. The van der Waals surface area contributed by atoms with Crippen molar-refractivity contribution >= 4 is 39.1 Å². The zero-order valence-corrected chi connectivity index (χ0v) is 22.1. The molecule has 0 heterocycles. The van der Waals surface area contributed by atoms with Crippen LogP contribution in [0.5, 0.6) is 0 Å². The Morgan fingerprint density at radius 2 is 1.80 bits per heavy atom. The van der Waals surface area contributed by atoms with Gasteiger partial charge in [-0.3, -0.25) is 13.9 Å². The SMILES string of the molecule is CC[C@H](C(=O)NC1CCCC1)N(Cc1ccccc1Cl)C(=O)CN(c1cccc(C)c1)S(C)(=O)=O. The predicted molar refractivity (Wildman–Crippen MR) is 140 cm³/mol. The molecule has 0 aliphatic heterocycles. The van der Waals surface area contributed by atoms with E-state index < -0.39 is 28.5 Å². The van der Waals surface area contributed by atoms with Gasteiger partial charge in [0.15, 0.2) is 0 Å². The monoisotopic (exact) mass is 519 g/mol. The van der Waals surface area contributed by atoms with Gasteiger partial charge in [0.1, 0.15) is 12.6 Å². The van der Waals surface area contributed by atoms with Crippen molar-refractivity contribution in [3.63, 3.8) is 0 Å². The van der Waals surface area contributed by atoms with Crippen molar-refractivity contribution in [3.05, 3.63) is 64.7 Å². The minimum Gasteiger partial charge on any atom is -0.352 e. The molecule has 1 aliphatic rings. The first kappa shape index (κ1) is 27.0. The third-order valence-corrected chi connectivity index (χ3v) is 7.86. The first-order valence-electron chi connectivity index (χ1n) is 12.0. The Hall–Kier alpha value is -2.58. The number of benzene rings is 2. The van der Waals surface area contributed by atoms with E-state index in [2.05, 4.69) is 5.32 Å². The van der Waals surface area contributed by atoms with Gasteiger partial charge in [0.2, 0.25) is 21.8 Å². The van der Waals surface area contributed by atoms with Crippen LogP contribution in [0.25, 0.3) is 0 Å². The molecule has 2 aromatic carbocycles. The van der Waals surface area contributed by atoms with Crippen LogP contribution < -0.4 is 9.62 Å². The van der Waals surface area contributed by atoms with Crippen molar-refractivity contribution in [3.8, 4) is 0 Å². The minimum absolute atomic E-state index is 0.0977. The third-order valence-electron chi connectivity index (χ3n) is 6.35. The van der Waals surface area contributed by atoms with Gasteiger partial charge in [-0.25, -0.2) is 8.42 Å². The highest BCUT2D eigenvalue weighted by molar-refractivity contribution is 7.92. The van der Waals surface area contributed by atoms with Crippen LogP contribution in [0.4, 0.5) is 5.69 Å². The highest BCUT2D eigenvalue weighted by Gasteiger charge is 2.33. The summed E-state index contributed by atoms with van der Waals surface area (Å²) in [6, 6.07) is 13.5. The number of halogens is 1. The minimum atomic E-state index is -3.76. The summed E-state index contributed by atoms with van der Waals surface area (Å²) in [6.45, 7) is 3.39. The zero-order valence-electron chi connectivity index (χ0n) is 20.5. The normalized spacial score (nSPS) is 15.0. The third kappa shape index (κ3) is 7.21. The Morgan fingerprint density at radius 3 is 2.40 bits per heavy atom. The number of hydrogen-bond donors (Lipinski definition) is 1. The summed E-state index contributed by atoms with van der Waals surface area (Å²) >= 11 is 6.38. The first-order chi connectivity index (χ1) is 16.6. The summed E-state index contributed by atoms with van der Waals surface area (Å²) < 4.78 is 26.4. The highest BCUT2D eigenvalue weighted by Crippen LogP contribution is 2.24. The highest BCUT2D eigenvalue weighted by atomic mass is 35.5. The number of nitrogens with one attached hydrogen (secondary N) is 1. The van der Waals surface area contributed by atoms with Crippen molar-refractivity contribution in [2.45, 2.75) is 64.6 Å². The molecule has 190 valence electrons. The zero-order chi connectivity index (χ0) is 25.6. The van der Waals surface area contributed by atoms with E-state index in [1.54, 1.807) is 36.4 Å². The van der Waals surface area contributed by atoms with Gasteiger partial charge >= 0.3 is 0 Å². The van der Waals surface area contributed by atoms with Crippen molar-refractivity contribution < 1.29 is 18.0 Å². The summed E-state index contributed by atoms with van der Waals surface area (Å²) in [6.07, 6.45) is 5.46. The molecule has 0 bridgehead atoms. The number of rotatable bonds is 10. The number of nitrogens with zero attached hydrogens (tertiary/aromatic N) is 2. The lowest BCUT2D eigenvalue weighted by Crippen LogP contribution is -2.53. The Labute approximate surface area is 213 Å². The fraction of sp³-hybridized carbons (Fsp3) is 0.462. The fourth-order valence-electron chi connectivity index (χ4n) is 4.49. The molecule has 0 unspecified atom stereocenters. The van der Waals surface area contributed by atoms with E-state index in [-0.39, 0.29) is 18.5 Å². The summed E-state index contributed by atoms with van der Waals surface area (Å²) in [5.74, 6) is -0.688. The molecule has 1 fully saturated rings. The number of carbonyl (C=O) groups is 2. The van der Waals surface area contributed by atoms with Gasteiger partial charge in [-0.05, 0) is 55.5 Å². The maximum Gasteiger partial charge on any atom is 0.244 e. The summed E-state index contributed by atoms with van der Waals surface area (Å²) in [4.78, 5) is 28.4. The maximum absolute atomic E-state index is 13.7. The van der Waals surface area contributed by atoms with Gasteiger partial charge in [-0.2, -0.15) is 0 Å². The van der Waals surface area contributed by atoms with Gasteiger partial charge < -0.3 is 10.2 Å². The topological polar surface area (TPSA) is 86.8 Å². The maximum atomic E-state index is 13.7. The van der Waals surface area contributed by atoms with Gasteiger partial charge in [0, 0.05) is 17.6 Å². The second-order valence-corrected chi connectivity index (χ2v) is 11.4. The van der Waals surface area contributed by atoms with Crippen molar-refractivity contribution in [2.24, 2.45) is 0 Å². The number of aryl methyl sites for hydroxylation is 1. The van der Waals surface area contributed by atoms with E-state index in [1.807, 2.05) is 26.0 Å². The largest absolute Gasteiger partial charge is 0.352 e. The molecule has 0 spiro atoms. The average Bonchev–Trinajstić information content (AvgIpc) is 3.30. The van der Waals surface area contributed by atoms with Gasteiger partial charge in [-0.15, -0.1) is 0 Å². The second kappa shape index (κ2) is 11.9. The van der Waals surface area contributed by atoms with Crippen LogP contribution in [-0.4, -0.2) is 50.0 Å².